The number of esters is 2. The predicted octanol–water partition coefficient (Wildman–Crippen LogP) is 2.56. The monoisotopic (exact) mass is 721 g/mol. The Morgan fingerprint density at radius 3 is 1.60 bits per heavy atom. The lowest BCUT2D eigenvalue weighted by Crippen LogP contribution is -2.42. The Hall–Kier alpha value is -3.34. The summed E-state index contributed by atoms with van der Waals surface area (Å²) >= 11 is 0. The number of aliphatic carboxylic acids is 4. The Labute approximate surface area is 293 Å². The molecule has 10 atom stereocenters. The molecule has 16 heteroatoms. The maximum absolute atomic E-state index is 13.0. The summed E-state index contributed by atoms with van der Waals surface area (Å²) in [6.45, 7) is 7.02. The Balaban J connectivity index is 5.96. The number of hydrogen-bond donors (Lipinski definition) is 8. The first-order chi connectivity index (χ1) is 23.3. The first-order valence-corrected chi connectivity index (χ1v) is 17.4. The van der Waals surface area contributed by atoms with E-state index in [1.807, 2.05) is 6.92 Å². The van der Waals surface area contributed by atoms with Crippen molar-refractivity contribution in [1.29, 1.82) is 0 Å². The first-order valence-electron chi connectivity index (χ1n) is 17.4. The third-order valence-corrected chi connectivity index (χ3v) is 8.64. The summed E-state index contributed by atoms with van der Waals surface area (Å²) in [4.78, 5) is 71.6. The normalized spacial score (nSPS) is 17.5. The summed E-state index contributed by atoms with van der Waals surface area (Å²) in [7, 11) is 0. The second kappa shape index (κ2) is 24.7. The minimum absolute atomic E-state index is 0.0344. The molecule has 0 radical (unpaired) electrons. The average molecular weight is 722 g/mol. The molecule has 0 aliphatic rings. The van der Waals surface area contributed by atoms with Crippen LogP contribution in [0.4, 0.5) is 0 Å². The van der Waals surface area contributed by atoms with E-state index in [1.54, 1.807) is 20.8 Å². The summed E-state index contributed by atoms with van der Waals surface area (Å²) in [6, 6.07) is -0.573. The lowest BCUT2D eigenvalue weighted by Gasteiger charge is -2.33. The van der Waals surface area contributed by atoms with Gasteiger partial charge in [0.2, 0.25) is 0 Å². The number of carbonyl (C=O) groups excluding carboxylic acids is 2. The van der Waals surface area contributed by atoms with Crippen LogP contribution in [0, 0.1) is 23.7 Å². The van der Waals surface area contributed by atoms with Crippen molar-refractivity contribution in [2.75, 3.05) is 0 Å². The third kappa shape index (κ3) is 20.4. The zero-order valence-corrected chi connectivity index (χ0v) is 29.6. The second-order valence-electron chi connectivity index (χ2n) is 13.6. The largest absolute Gasteiger partial charge is 0.481 e. The lowest BCUT2D eigenvalue weighted by molar-refractivity contribution is -0.177. The summed E-state index contributed by atoms with van der Waals surface area (Å²) in [5.41, 5.74) is 5.61. The standard InChI is InChI=1S/C34H59NO15/c1-5-6-10-20(3)32(50-30(43)18-23(34(47)48)16-28(40)41)26(49-29(42)17-22(33(45)46)15-27(38)39)14-19(2)13-24(36)11-8-7-9-12-25(37)31(44)21(4)35/h19-26,31-32,36-37,44H,5-18,35H2,1-4H3,(H,38,39)(H,40,41)(H,45,46)(H,47,48)/t19-,20+,21-,22+,23+,24+,25+,26-,31+,32+/m0/s1. The van der Waals surface area contributed by atoms with Gasteiger partial charge in [0.25, 0.3) is 0 Å². The molecule has 0 aromatic rings. The molecule has 0 aromatic carbocycles. The highest BCUT2D eigenvalue weighted by molar-refractivity contribution is 5.83. The number of carboxylic acids is 4. The van der Waals surface area contributed by atoms with Gasteiger partial charge in [-0.05, 0) is 50.9 Å². The van der Waals surface area contributed by atoms with Crippen molar-refractivity contribution in [3.8, 4) is 0 Å². The van der Waals surface area contributed by atoms with Crippen LogP contribution in [0.5, 0.6) is 0 Å². The van der Waals surface area contributed by atoms with Crippen LogP contribution in [-0.2, 0) is 38.2 Å². The number of aliphatic hydroxyl groups excluding tert-OH is 3. The van der Waals surface area contributed by atoms with E-state index in [0.29, 0.717) is 44.9 Å². The topological polar surface area (TPSA) is 289 Å². The Bertz CT molecular complexity index is 1070. The van der Waals surface area contributed by atoms with Gasteiger partial charge >= 0.3 is 35.8 Å². The van der Waals surface area contributed by atoms with E-state index in [1.165, 1.54) is 0 Å². The van der Waals surface area contributed by atoms with E-state index < -0.39 is 116 Å². The van der Waals surface area contributed by atoms with Gasteiger partial charge in [-0.2, -0.15) is 0 Å². The smallest absolute Gasteiger partial charge is 0.307 e. The van der Waals surface area contributed by atoms with Gasteiger partial charge in [-0.25, -0.2) is 0 Å². The van der Waals surface area contributed by atoms with Crippen LogP contribution in [0.25, 0.3) is 0 Å². The van der Waals surface area contributed by atoms with E-state index in [-0.39, 0.29) is 18.8 Å². The summed E-state index contributed by atoms with van der Waals surface area (Å²) < 4.78 is 11.4. The van der Waals surface area contributed by atoms with E-state index in [9.17, 15) is 54.3 Å². The molecule has 290 valence electrons. The summed E-state index contributed by atoms with van der Waals surface area (Å²) in [5, 5.41) is 67.7. The van der Waals surface area contributed by atoms with Crippen LogP contribution < -0.4 is 5.73 Å². The zero-order valence-electron chi connectivity index (χ0n) is 29.6. The van der Waals surface area contributed by atoms with Gasteiger partial charge in [0, 0.05) is 6.04 Å². The van der Waals surface area contributed by atoms with Gasteiger partial charge < -0.3 is 51.0 Å². The molecule has 0 spiro atoms. The molecule has 9 N–H and O–H groups in total. The van der Waals surface area contributed by atoms with Crippen molar-refractivity contribution in [1.82, 2.24) is 0 Å². The van der Waals surface area contributed by atoms with E-state index in [0.717, 1.165) is 6.42 Å². The summed E-state index contributed by atoms with van der Waals surface area (Å²) in [5.74, 6) is -11.9. The fourth-order valence-corrected chi connectivity index (χ4v) is 5.74. The SMILES string of the molecule is CCCC[C@@H](C)[C@@H](OC(=O)C[C@@H](CC(=O)O)C(=O)O)[C@H](C[C@@H](C)C[C@H](O)CCCCC[C@@H](O)[C@H](O)[C@H](C)N)OC(=O)C[C@@H](CC(=O)O)C(=O)O. The number of unbranched alkanes of at least 4 members (excludes halogenated alkanes) is 3. The number of carboxylic acid groups (broad SMARTS) is 4. The van der Waals surface area contributed by atoms with Crippen molar-refractivity contribution in [3.63, 3.8) is 0 Å². The zero-order chi connectivity index (χ0) is 38.6. The molecule has 0 saturated carbocycles. The van der Waals surface area contributed by atoms with Gasteiger partial charge in [-0.1, -0.05) is 52.9 Å². The fraction of sp³-hybridized carbons (Fsp3) is 0.824. The molecule has 0 aromatic heterocycles. The molecule has 16 nitrogen and oxygen atoms in total. The third-order valence-electron chi connectivity index (χ3n) is 8.64. The van der Waals surface area contributed by atoms with E-state index in [4.69, 9.17) is 25.4 Å². The van der Waals surface area contributed by atoms with E-state index >= 15 is 0 Å². The van der Waals surface area contributed by atoms with Crippen LogP contribution in [0.3, 0.4) is 0 Å². The number of rotatable bonds is 29. The second-order valence-corrected chi connectivity index (χ2v) is 13.6. The van der Waals surface area contributed by atoms with Gasteiger partial charge in [0.15, 0.2) is 0 Å². The van der Waals surface area contributed by atoms with Crippen LogP contribution in [0.2, 0.25) is 0 Å². The van der Waals surface area contributed by atoms with Crippen LogP contribution >= 0.6 is 0 Å². The number of carbonyl (C=O) groups is 6. The highest BCUT2D eigenvalue weighted by Gasteiger charge is 2.37. The first kappa shape index (κ1) is 46.7. The van der Waals surface area contributed by atoms with Gasteiger partial charge in [0.05, 0.1) is 55.8 Å². The Kier molecular flexibility index (Phi) is 23.1. The molecular weight excluding hydrogens is 662 g/mol. The Morgan fingerprint density at radius 1 is 0.640 bits per heavy atom. The molecule has 50 heavy (non-hydrogen) atoms. The Morgan fingerprint density at radius 2 is 1.14 bits per heavy atom. The van der Waals surface area contributed by atoms with Crippen LogP contribution in [0.1, 0.15) is 118 Å². The van der Waals surface area contributed by atoms with E-state index in [2.05, 4.69) is 0 Å². The molecular formula is C34H59NO15. The van der Waals surface area contributed by atoms with Crippen molar-refractivity contribution in [2.45, 2.75) is 154 Å². The van der Waals surface area contributed by atoms with Crippen molar-refractivity contribution in [3.05, 3.63) is 0 Å². The van der Waals surface area contributed by atoms with Gasteiger partial charge in [-0.15, -0.1) is 0 Å². The van der Waals surface area contributed by atoms with Gasteiger partial charge in [-0.3, -0.25) is 28.8 Å². The van der Waals surface area contributed by atoms with Gasteiger partial charge in [0.1, 0.15) is 12.2 Å². The van der Waals surface area contributed by atoms with Crippen LogP contribution in [0.15, 0.2) is 0 Å². The highest BCUT2D eigenvalue weighted by atomic mass is 16.6. The molecule has 0 bridgehead atoms. The molecule has 0 fully saturated rings. The molecule has 0 heterocycles. The molecule has 0 aliphatic carbocycles. The minimum atomic E-state index is -1.59. The molecule has 0 amide bonds. The fourth-order valence-electron chi connectivity index (χ4n) is 5.74. The number of hydrogen-bond acceptors (Lipinski definition) is 12. The number of aliphatic hydroxyl groups is 3. The lowest BCUT2D eigenvalue weighted by atomic mass is 9.87. The number of ether oxygens (including phenoxy) is 2. The predicted molar refractivity (Wildman–Crippen MR) is 178 cm³/mol. The molecule has 0 rings (SSSR count). The van der Waals surface area contributed by atoms with Crippen molar-refractivity contribution >= 4 is 35.8 Å². The van der Waals surface area contributed by atoms with Crippen molar-refractivity contribution in [2.24, 2.45) is 29.4 Å². The number of nitrogens with two attached hydrogens (primary N) is 1. The van der Waals surface area contributed by atoms with Crippen molar-refractivity contribution < 1.29 is 74.0 Å². The maximum Gasteiger partial charge on any atom is 0.307 e. The maximum atomic E-state index is 13.0. The highest BCUT2D eigenvalue weighted by Crippen LogP contribution is 2.29. The molecule has 0 saturated heterocycles. The minimum Gasteiger partial charge on any atom is -0.481 e. The summed E-state index contributed by atoms with van der Waals surface area (Å²) in [6.07, 6.45) is -3.50. The molecule has 0 unspecified atom stereocenters. The average Bonchev–Trinajstić information content (AvgIpc) is 3.00. The van der Waals surface area contributed by atoms with Crippen LogP contribution in [-0.4, -0.2) is 108 Å². The molecule has 0 aliphatic heterocycles. The quantitative estimate of drug-likeness (QED) is 0.0407.